The molecule has 5 heteroatoms. The number of nitrogen functional groups attached to an aromatic ring is 1. The number of nitrogens with two attached hydrogens (primary N) is 1. The lowest BCUT2D eigenvalue weighted by atomic mass is 10.1. The zero-order valence-electron chi connectivity index (χ0n) is 10.2. The third-order valence-electron chi connectivity index (χ3n) is 3.45. The largest absolute Gasteiger partial charge is 0.478 e. The molecule has 0 amide bonds. The summed E-state index contributed by atoms with van der Waals surface area (Å²) in [7, 11) is 0. The molecule has 1 unspecified atom stereocenters. The number of carboxylic acids is 1. The molecule has 1 aromatic rings. The first-order valence-electron chi connectivity index (χ1n) is 6.06. The maximum Gasteiger partial charge on any atom is 0.340 e. The van der Waals surface area contributed by atoms with Gasteiger partial charge in [0, 0.05) is 6.54 Å². The highest BCUT2D eigenvalue weighted by atomic mass is 19.1. The van der Waals surface area contributed by atoms with Gasteiger partial charge in [0.05, 0.1) is 11.4 Å². The zero-order chi connectivity index (χ0) is 13.3. The van der Waals surface area contributed by atoms with Crippen LogP contribution in [0.1, 0.15) is 30.1 Å². The van der Waals surface area contributed by atoms with Crippen LogP contribution in [0, 0.1) is 17.7 Å². The van der Waals surface area contributed by atoms with Crippen molar-refractivity contribution in [2.45, 2.75) is 19.8 Å². The fourth-order valence-electron chi connectivity index (χ4n) is 2.07. The van der Waals surface area contributed by atoms with Crippen LogP contribution in [0.2, 0.25) is 0 Å². The molecule has 1 atom stereocenters. The third kappa shape index (κ3) is 2.55. The van der Waals surface area contributed by atoms with Gasteiger partial charge >= 0.3 is 5.97 Å². The van der Waals surface area contributed by atoms with Crippen LogP contribution < -0.4 is 11.1 Å². The van der Waals surface area contributed by atoms with Gasteiger partial charge in [-0.25, -0.2) is 9.18 Å². The lowest BCUT2D eigenvalue weighted by molar-refractivity contribution is 0.0698. The Kier molecular flexibility index (Phi) is 3.41. The molecule has 2 rings (SSSR count). The van der Waals surface area contributed by atoms with Gasteiger partial charge in [0.15, 0.2) is 0 Å². The number of carbonyl (C=O) groups is 1. The molecule has 0 spiro atoms. The molecule has 4 N–H and O–H groups in total. The van der Waals surface area contributed by atoms with Gasteiger partial charge in [-0.05, 0) is 36.8 Å². The van der Waals surface area contributed by atoms with Crippen molar-refractivity contribution >= 4 is 17.3 Å². The second kappa shape index (κ2) is 4.84. The van der Waals surface area contributed by atoms with E-state index in [4.69, 9.17) is 10.8 Å². The Labute approximate surface area is 105 Å². The van der Waals surface area contributed by atoms with E-state index in [1.165, 1.54) is 25.0 Å². The molecule has 4 nitrogen and oxygen atoms in total. The summed E-state index contributed by atoms with van der Waals surface area (Å²) in [6, 6.07) is 2.61. The molecule has 0 aromatic heterocycles. The molecule has 0 saturated heterocycles. The molecule has 98 valence electrons. The Bertz CT molecular complexity index is 472. The van der Waals surface area contributed by atoms with Gasteiger partial charge in [-0.2, -0.15) is 0 Å². The molecular weight excluding hydrogens is 235 g/mol. The van der Waals surface area contributed by atoms with Crippen molar-refractivity contribution in [3.05, 3.63) is 23.5 Å². The third-order valence-corrected chi connectivity index (χ3v) is 3.45. The van der Waals surface area contributed by atoms with E-state index in [0.29, 0.717) is 18.2 Å². The summed E-state index contributed by atoms with van der Waals surface area (Å²) in [5.41, 5.74) is 5.35. The van der Waals surface area contributed by atoms with E-state index in [9.17, 15) is 9.18 Å². The van der Waals surface area contributed by atoms with Crippen LogP contribution in [0.4, 0.5) is 15.8 Å². The summed E-state index contributed by atoms with van der Waals surface area (Å²) < 4.78 is 13.2. The predicted octanol–water partition coefficient (Wildman–Crippen LogP) is 2.56. The maximum atomic E-state index is 13.2. The highest BCUT2D eigenvalue weighted by Gasteiger charge is 2.28. The number of carboxylic acid groups (broad SMARTS) is 1. The van der Waals surface area contributed by atoms with Crippen molar-refractivity contribution in [2.75, 3.05) is 17.6 Å². The average Bonchev–Trinajstić information content (AvgIpc) is 3.13. The number of nitrogens with one attached hydrogen (secondary N) is 1. The number of benzene rings is 1. The first kappa shape index (κ1) is 12.7. The van der Waals surface area contributed by atoms with E-state index in [0.717, 1.165) is 5.92 Å². The Balaban J connectivity index is 2.16. The molecule has 0 heterocycles. The number of hydrogen-bond acceptors (Lipinski definition) is 3. The minimum atomic E-state index is -1.21. The summed E-state index contributed by atoms with van der Waals surface area (Å²) in [5.74, 6) is -0.705. The number of anilines is 2. The number of halogens is 1. The van der Waals surface area contributed by atoms with Crippen molar-refractivity contribution in [1.82, 2.24) is 0 Å². The zero-order valence-corrected chi connectivity index (χ0v) is 10.2. The lowest BCUT2D eigenvalue weighted by Crippen LogP contribution is -2.16. The predicted molar refractivity (Wildman–Crippen MR) is 68.1 cm³/mol. The van der Waals surface area contributed by atoms with Gasteiger partial charge in [0.2, 0.25) is 0 Å². The second-order valence-electron chi connectivity index (χ2n) is 4.88. The highest BCUT2D eigenvalue weighted by molar-refractivity contribution is 6.00. The second-order valence-corrected chi connectivity index (χ2v) is 4.88. The molecule has 1 aliphatic carbocycles. The number of hydrogen-bond donors (Lipinski definition) is 3. The SMILES string of the molecule is CC(CNc1ccc(F)c(N)c1C(=O)O)C1CC1. The number of rotatable bonds is 5. The van der Waals surface area contributed by atoms with E-state index in [1.807, 2.05) is 0 Å². The van der Waals surface area contributed by atoms with Crippen LogP contribution in [-0.4, -0.2) is 17.6 Å². The average molecular weight is 252 g/mol. The van der Waals surface area contributed by atoms with Crippen LogP contribution in [0.5, 0.6) is 0 Å². The molecule has 1 saturated carbocycles. The topological polar surface area (TPSA) is 75.3 Å². The molecule has 0 aliphatic heterocycles. The monoisotopic (exact) mass is 252 g/mol. The molecule has 1 fully saturated rings. The van der Waals surface area contributed by atoms with Gasteiger partial charge in [0.1, 0.15) is 11.4 Å². The Hall–Kier alpha value is -1.78. The van der Waals surface area contributed by atoms with Crippen molar-refractivity contribution in [3.8, 4) is 0 Å². The lowest BCUT2D eigenvalue weighted by Gasteiger charge is -2.15. The van der Waals surface area contributed by atoms with Gasteiger partial charge < -0.3 is 16.2 Å². The standard InChI is InChI=1S/C13H17FN2O2/c1-7(8-2-3-8)6-16-10-5-4-9(14)12(15)11(10)13(17)18/h4-5,7-8,16H,2-3,6,15H2,1H3,(H,17,18). The van der Waals surface area contributed by atoms with Gasteiger partial charge in [-0.15, -0.1) is 0 Å². The normalized spacial score (nSPS) is 16.3. The van der Waals surface area contributed by atoms with Crippen molar-refractivity contribution in [3.63, 3.8) is 0 Å². The highest BCUT2D eigenvalue weighted by Crippen LogP contribution is 2.36. The molecule has 18 heavy (non-hydrogen) atoms. The molecule has 0 bridgehead atoms. The van der Waals surface area contributed by atoms with Crippen LogP contribution in [-0.2, 0) is 0 Å². The Morgan fingerprint density at radius 3 is 2.83 bits per heavy atom. The minimum Gasteiger partial charge on any atom is -0.478 e. The van der Waals surface area contributed by atoms with Crippen molar-refractivity contribution < 1.29 is 14.3 Å². The molecule has 1 aromatic carbocycles. The number of aromatic carboxylic acids is 1. The van der Waals surface area contributed by atoms with Crippen LogP contribution in [0.3, 0.4) is 0 Å². The minimum absolute atomic E-state index is 0.182. The molecule has 0 radical (unpaired) electrons. The smallest absolute Gasteiger partial charge is 0.340 e. The van der Waals surface area contributed by atoms with E-state index in [1.54, 1.807) is 0 Å². The molecule has 1 aliphatic rings. The summed E-state index contributed by atoms with van der Waals surface area (Å²) in [6.45, 7) is 2.80. The maximum absolute atomic E-state index is 13.2. The molecular formula is C13H17FN2O2. The fourth-order valence-corrected chi connectivity index (χ4v) is 2.07. The van der Waals surface area contributed by atoms with E-state index < -0.39 is 11.8 Å². The van der Waals surface area contributed by atoms with Gasteiger partial charge in [-0.1, -0.05) is 6.92 Å². The quantitative estimate of drug-likeness (QED) is 0.704. The van der Waals surface area contributed by atoms with Crippen molar-refractivity contribution in [2.24, 2.45) is 11.8 Å². The Morgan fingerprint density at radius 1 is 1.61 bits per heavy atom. The fraction of sp³-hybridized carbons (Fsp3) is 0.462. The van der Waals surface area contributed by atoms with Crippen LogP contribution >= 0.6 is 0 Å². The van der Waals surface area contributed by atoms with Crippen molar-refractivity contribution in [1.29, 1.82) is 0 Å². The van der Waals surface area contributed by atoms with E-state index in [-0.39, 0.29) is 11.3 Å². The van der Waals surface area contributed by atoms with E-state index in [2.05, 4.69) is 12.2 Å². The Morgan fingerprint density at radius 2 is 2.28 bits per heavy atom. The van der Waals surface area contributed by atoms with Crippen LogP contribution in [0.25, 0.3) is 0 Å². The summed E-state index contributed by atoms with van der Waals surface area (Å²) in [4.78, 5) is 11.1. The van der Waals surface area contributed by atoms with Gasteiger partial charge in [0.25, 0.3) is 0 Å². The summed E-state index contributed by atoms with van der Waals surface area (Å²) in [5, 5.41) is 12.1. The first-order valence-corrected chi connectivity index (χ1v) is 6.06. The summed E-state index contributed by atoms with van der Waals surface area (Å²) in [6.07, 6.45) is 2.47. The first-order chi connectivity index (χ1) is 8.50. The van der Waals surface area contributed by atoms with E-state index >= 15 is 0 Å². The van der Waals surface area contributed by atoms with Crippen LogP contribution in [0.15, 0.2) is 12.1 Å². The van der Waals surface area contributed by atoms with Gasteiger partial charge in [-0.3, -0.25) is 0 Å². The summed E-state index contributed by atoms with van der Waals surface area (Å²) >= 11 is 0.